The summed E-state index contributed by atoms with van der Waals surface area (Å²) in [5.41, 5.74) is -0.424. The van der Waals surface area contributed by atoms with Crippen molar-refractivity contribution in [3.05, 3.63) is 24.3 Å². The fraction of sp³-hybridized carbons (Fsp3) is 0.455. The number of aliphatic carboxylic acids is 1. The molecular weight excluding hydrogens is 222 g/mol. The van der Waals surface area contributed by atoms with Gasteiger partial charge in [-0.1, -0.05) is 0 Å². The van der Waals surface area contributed by atoms with Crippen LogP contribution in [-0.2, 0) is 4.79 Å². The van der Waals surface area contributed by atoms with Crippen LogP contribution in [0.25, 0.3) is 0 Å². The van der Waals surface area contributed by atoms with Crippen LogP contribution in [0.15, 0.2) is 18.7 Å². The summed E-state index contributed by atoms with van der Waals surface area (Å²) in [4.78, 5) is 31.6. The molecule has 0 fully saturated rings. The zero-order valence-corrected chi connectivity index (χ0v) is 10.0. The molecule has 92 valence electrons. The first kappa shape index (κ1) is 13.1. The molecule has 17 heavy (non-hydrogen) atoms. The van der Waals surface area contributed by atoms with E-state index in [4.69, 9.17) is 5.11 Å². The van der Waals surface area contributed by atoms with Crippen LogP contribution in [0, 0.1) is 0 Å². The molecule has 0 spiro atoms. The summed E-state index contributed by atoms with van der Waals surface area (Å²) < 4.78 is 0. The molecule has 0 atom stereocenters. The van der Waals surface area contributed by atoms with Gasteiger partial charge in [-0.05, 0) is 13.8 Å². The van der Waals surface area contributed by atoms with Crippen molar-refractivity contribution < 1.29 is 14.7 Å². The topological polar surface area (TPSA) is 83.4 Å². The Bertz CT molecular complexity index is 417. The summed E-state index contributed by atoms with van der Waals surface area (Å²) in [6.07, 6.45) is 4.02. The lowest BCUT2D eigenvalue weighted by Crippen LogP contribution is -2.46. The predicted molar refractivity (Wildman–Crippen MR) is 60.5 cm³/mol. The molecule has 1 N–H and O–H groups in total. The van der Waals surface area contributed by atoms with Gasteiger partial charge in [0.25, 0.3) is 5.91 Å². The second kappa shape index (κ2) is 4.90. The number of carboxylic acid groups (broad SMARTS) is 1. The van der Waals surface area contributed by atoms with Crippen LogP contribution in [-0.4, -0.2) is 44.4 Å². The van der Waals surface area contributed by atoms with Gasteiger partial charge in [0, 0.05) is 25.0 Å². The lowest BCUT2D eigenvalue weighted by atomic mass is 9.98. The van der Waals surface area contributed by atoms with Crippen LogP contribution in [0.4, 0.5) is 0 Å². The molecule has 0 saturated heterocycles. The Morgan fingerprint density at radius 1 is 1.35 bits per heavy atom. The van der Waals surface area contributed by atoms with Gasteiger partial charge >= 0.3 is 5.97 Å². The minimum Gasteiger partial charge on any atom is -0.481 e. The number of amides is 1. The van der Waals surface area contributed by atoms with Crippen molar-refractivity contribution in [2.24, 2.45) is 0 Å². The maximum absolute atomic E-state index is 12.0. The van der Waals surface area contributed by atoms with Gasteiger partial charge in [-0.15, -0.1) is 0 Å². The van der Waals surface area contributed by atoms with Crippen molar-refractivity contribution >= 4 is 11.9 Å². The molecule has 0 aliphatic heterocycles. The molecule has 6 heteroatoms. The average Bonchev–Trinajstić information content (AvgIpc) is 2.26. The third kappa shape index (κ3) is 3.24. The highest BCUT2D eigenvalue weighted by Crippen LogP contribution is 2.19. The summed E-state index contributed by atoms with van der Waals surface area (Å²) in [7, 11) is 1.57. The quantitative estimate of drug-likeness (QED) is 0.837. The molecule has 0 aromatic carbocycles. The summed E-state index contributed by atoms with van der Waals surface area (Å²) in [6.45, 7) is 3.39. The van der Waals surface area contributed by atoms with Crippen molar-refractivity contribution in [3.8, 4) is 0 Å². The number of nitrogens with zero attached hydrogens (tertiary/aromatic N) is 3. The maximum atomic E-state index is 12.0. The average molecular weight is 237 g/mol. The molecule has 0 bridgehead atoms. The van der Waals surface area contributed by atoms with E-state index in [-0.39, 0.29) is 12.3 Å². The fourth-order valence-corrected chi connectivity index (χ4v) is 1.37. The van der Waals surface area contributed by atoms with E-state index in [0.29, 0.717) is 5.56 Å². The Balaban J connectivity index is 2.86. The molecule has 1 heterocycles. The standard InChI is InChI=1S/C11H15N3O3/c1-11(2,4-9(15)16)14(3)10(17)8-5-12-7-13-6-8/h5-7H,4H2,1-3H3,(H,15,16). The smallest absolute Gasteiger partial charge is 0.305 e. The highest BCUT2D eigenvalue weighted by Gasteiger charge is 2.30. The van der Waals surface area contributed by atoms with Crippen molar-refractivity contribution in [1.82, 2.24) is 14.9 Å². The minimum atomic E-state index is -0.945. The number of carbonyl (C=O) groups excluding carboxylic acids is 1. The van der Waals surface area contributed by atoms with Gasteiger partial charge < -0.3 is 10.0 Å². The Hall–Kier alpha value is -1.98. The number of hydrogen-bond donors (Lipinski definition) is 1. The lowest BCUT2D eigenvalue weighted by Gasteiger charge is -2.34. The van der Waals surface area contributed by atoms with Crippen molar-refractivity contribution in [2.45, 2.75) is 25.8 Å². The third-order valence-electron chi connectivity index (χ3n) is 2.60. The second-order valence-corrected chi connectivity index (χ2v) is 4.37. The number of carboxylic acids is 1. The normalized spacial score (nSPS) is 11.0. The van der Waals surface area contributed by atoms with Crippen LogP contribution < -0.4 is 0 Å². The first-order valence-corrected chi connectivity index (χ1v) is 5.09. The monoisotopic (exact) mass is 237 g/mol. The van der Waals surface area contributed by atoms with Crippen LogP contribution in [0.2, 0.25) is 0 Å². The summed E-state index contributed by atoms with van der Waals surface area (Å²) in [5, 5.41) is 8.79. The van der Waals surface area contributed by atoms with Gasteiger partial charge in [-0.3, -0.25) is 9.59 Å². The van der Waals surface area contributed by atoms with E-state index < -0.39 is 11.5 Å². The molecule has 0 unspecified atom stereocenters. The molecule has 0 saturated carbocycles. The Labute approximate surface area is 99.3 Å². The minimum absolute atomic E-state index is 0.122. The number of aromatic nitrogens is 2. The second-order valence-electron chi connectivity index (χ2n) is 4.37. The molecule has 1 aromatic rings. The van der Waals surface area contributed by atoms with Crippen LogP contribution in [0.5, 0.6) is 0 Å². The summed E-state index contributed by atoms with van der Waals surface area (Å²) in [6, 6.07) is 0. The number of rotatable bonds is 4. The maximum Gasteiger partial charge on any atom is 0.305 e. The molecule has 1 rings (SSSR count). The Kier molecular flexibility index (Phi) is 3.77. The molecule has 0 aliphatic rings. The molecule has 0 aliphatic carbocycles. The number of carbonyl (C=O) groups is 2. The van der Waals surface area contributed by atoms with Gasteiger partial charge in [-0.25, -0.2) is 9.97 Å². The van der Waals surface area contributed by atoms with E-state index in [1.807, 2.05) is 0 Å². The van der Waals surface area contributed by atoms with Crippen molar-refractivity contribution in [2.75, 3.05) is 7.05 Å². The van der Waals surface area contributed by atoms with E-state index in [2.05, 4.69) is 9.97 Å². The Morgan fingerprint density at radius 3 is 2.35 bits per heavy atom. The van der Waals surface area contributed by atoms with Crippen molar-refractivity contribution in [1.29, 1.82) is 0 Å². The molecule has 1 amide bonds. The molecular formula is C11H15N3O3. The first-order valence-electron chi connectivity index (χ1n) is 5.09. The highest BCUT2D eigenvalue weighted by atomic mass is 16.4. The third-order valence-corrected chi connectivity index (χ3v) is 2.60. The van der Waals surface area contributed by atoms with E-state index in [9.17, 15) is 9.59 Å². The van der Waals surface area contributed by atoms with Crippen LogP contribution in [0.3, 0.4) is 0 Å². The zero-order valence-electron chi connectivity index (χ0n) is 10.0. The SMILES string of the molecule is CN(C(=O)c1cncnc1)C(C)(C)CC(=O)O. The van der Waals surface area contributed by atoms with Crippen LogP contribution >= 0.6 is 0 Å². The van der Waals surface area contributed by atoms with E-state index >= 15 is 0 Å². The Morgan fingerprint density at radius 2 is 1.88 bits per heavy atom. The fourth-order valence-electron chi connectivity index (χ4n) is 1.37. The zero-order chi connectivity index (χ0) is 13.1. The summed E-state index contributed by atoms with van der Waals surface area (Å²) in [5.74, 6) is -1.24. The van der Waals surface area contributed by atoms with E-state index in [1.165, 1.54) is 23.6 Å². The highest BCUT2D eigenvalue weighted by molar-refractivity contribution is 5.94. The number of hydrogen-bond acceptors (Lipinski definition) is 4. The lowest BCUT2D eigenvalue weighted by molar-refractivity contribution is -0.139. The van der Waals surface area contributed by atoms with Gasteiger partial charge in [-0.2, -0.15) is 0 Å². The molecule has 6 nitrogen and oxygen atoms in total. The van der Waals surface area contributed by atoms with E-state index in [1.54, 1.807) is 20.9 Å². The van der Waals surface area contributed by atoms with Gasteiger partial charge in [0.2, 0.25) is 0 Å². The van der Waals surface area contributed by atoms with Gasteiger partial charge in [0.05, 0.1) is 12.0 Å². The largest absolute Gasteiger partial charge is 0.481 e. The molecule has 0 radical (unpaired) electrons. The van der Waals surface area contributed by atoms with Gasteiger partial charge in [0.1, 0.15) is 6.33 Å². The molecule has 1 aromatic heterocycles. The predicted octanol–water partition coefficient (Wildman–Crippen LogP) is 0.802. The van der Waals surface area contributed by atoms with Gasteiger partial charge in [0.15, 0.2) is 0 Å². The van der Waals surface area contributed by atoms with Crippen LogP contribution in [0.1, 0.15) is 30.6 Å². The first-order chi connectivity index (χ1) is 7.84. The van der Waals surface area contributed by atoms with Crippen molar-refractivity contribution in [3.63, 3.8) is 0 Å². The summed E-state index contributed by atoms with van der Waals surface area (Å²) >= 11 is 0. The van der Waals surface area contributed by atoms with E-state index in [0.717, 1.165) is 0 Å².